The number of nitrogens with zero attached hydrogens (tertiary/aromatic N) is 3. The van der Waals surface area contributed by atoms with E-state index in [1.54, 1.807) is 0 Å². The molecule has 1 aromatic carbocycles. The molecule has 0 unspecified atom stereocenters. The molecule has 2 aromatic rings. The fourth-order valence-corrected chi connectivity index (χ4v) is 5.60. The third-order valence-corrected chi connectivity index (χ3v) is 7.87. The number of amides is 1. The van der Waals surface area contributed by atoms with Gasteiger partial charge in [0, 0.05) is 18.7 Å². The van der Waals surface area contributed by atoms with E-state index < -0.39 is 15.9 Å². The number of rotatable bonds is 5. The maximum absolute atomic E-state index is 12.7. The van der Waals surface area contributed by atoms with Crippen LogP contribution in [0.15, 0.2) is 27.4 Å². The number of sulfonamides is 1. The number of halogens is 1. The number of thioether (sulfide) groups is 1. The molecule has 1 aliphatic rings. The van der Waals surface area contributed by atoms with Gasteiger partial charge < -0.3 is 0 Å². The molecule has 134 valence electrons. The number of benzene rings is 1. The Morgan fingerprint density at radius 3 is 2.68 bits per heavy atom. The highest BCUT2D eigenvalue weighted by molar-refractivity contribution is 8.00. The van der Waals surface area contributed by atoms with Crippen LogP contribution in [-0.4, -0.2) is 48.2 Å². The van der Waals surface area contributed by atoms with Crippen molar-refractivity contribution < 1.29 is 13.2 Å². The predicted octanol–water partition coefficient (Wildman–Crippen LogP) is 2.95. The van der Waals surface area contributed by atoms with Crippen LogP contribution in [0.3, 0.4) is 0 Å². The molecule has 0 atom stereocenters. The molecule has 1 aromatic heterocycles. The van der Waals surface area contributed by atoms with E-state index in [0.717, 1.165) is 17.2 Å². The highest BCUT2D eigenvalue weighted by atomic mass is 35.5. The largest absolute Gasteiger partial charge is 0.296 e. The molecule has 25 heavy (non-hydrogen) atoms. The fourth-order valence-electron chi connectivity index (χ4n) is 2.42. The molecule has 1 N–H and O–H groups in total. The zero-order valence-electron chi connectivity index (χ0n) is 13.2. The van der Waals surface area contributed by atoms with E-state index in [1.807, 2.05) is 6.26 Å². The second kappa shape index (κ2) is 7.58. The second-order valence-electron chi connectivity index (χ2n) is 5.29. The molecule has 2 heterocycles. The molecule has 1 amide bonds. The van der Waals surface area contributed by atoms with Gasteiger partial charge in [-0.2, -0.15) is 4.31 Å². The van der Waals surface area contributed by atoms with Crippen molar-refractivity contribution in [3.8, 4) is 0 Å². The van der Waals surface area contributed by atoms with Crippen molar-refractivity contribution in [3.63, 3.8) is 0 Å². The zero-order valence-corrected chi connectivity index (χ0v) is 16.4. The van der Waals surface area contributed by atoms with E-state index in [0.29, 0.717) is 18.2 Å². The monoisotopic (exact) mass is 418 g/mol. The minimum absolute atomic E-state index is 0.0502. The summed E-state index contributed by atoms with van der Waals surface area (Å²) in [7, 11) is -3.71. The standard InChI is InChI=1S/C14H15ClN4O3S3/c1-23-14-18-17-13(24-14)16-12(20)9-4-5-10(15)11(8-9)25(21,22)19-6-2-3-7-19/h4-5,8H,2-3,6-7H2,1H3,(H,16,17,20). The van der Waals surface area contributed by atoms with E-state index in [2.05, 4.69) is 15.5 Å². The molecule has 7 nitrogen and oxygen atoms in total. The van der Waals surface area contributed by atoms with Crippen LogP contribution in [0.1, 0.15) is 23.2 Å². The van der Waals surface area contributed by atoms with Gasteiger partial charge in [-0.1, -0.05) is 34.7 Å². The maximum atomic E-state index is 12.7. The van der Waals surface area contributed by atoms with Gasteiger partial charge in [-0.15, -0.1) is 10.2 Å². The lowest BCUT2D eigenvalue weighted by molar-refractivity contribution is 0.102. The second-order valence-corrected chi connectivity index (χ2v) is 9.63. The normalized spacial score (nSPS) is 15.4. The molecule has 1 fully saturated rings. The first-order valence-electron chi connectivity index (χ1n) is 7.40. The minimum atomic E-state index is -3.71. The average molecular weight is 419 g/mol. The van der Waals surface area contributed by atoms with Crippen molar-refractivity contribution in [1.29, 1.82) is 0 Å². The summed E-state index contributed by atoms with van der Waals surface area (Å²) in [6.45, 7) is 0.939. The van der Waals surface area contributed by atoms with Gasteiger partial charge in [0.2, 0.25) is 15.2 Å². The van der Waals surface area contributed by atoms with Crippen LogP contribution in [0.5, 0.6) is 0 Å². The van der Waals surface area contributed by atoms with Gasteiger partial charge in [0.25, 0.3) is 5.91 Å². The molecule has 0 bridgehead atoms. The van der Waals surface area contributed by atoms with Crippen molar-refractivity contribution in [2.75, 3.05) is 24.7 Å². The lowest BCUT2D eigenvalue weighted by Crippen LogP contribution is -2.28. The van der Waals surface area contributed by atoms with Gasteiger partial charge >= 0.3 is 0 Å². The molecule has 1 aliphatic heterocycles. The SMILES string of the molecule is CSc1nnc(NC(=O)c2ccc(Cl)c(S(=O)(=O)N3CCCC3)c2)s1. The van der Waals surface area contributed by atoms with E-state index >= 15 is 0 Å². The van der Waals surface area contributed by atoms with Gasteiger partial charge in [0.05, 0.1) is 5.02 Å². The van der Waals surface area contributed by atoms with E-state index in [9.17, 15) is 13.2 Å². The summed E-state index contributed by atoms with van der Waals surface area (Å²) in [5.41, 5.74) is 0.197. The highest BCUT2D eigenvalue weighted by Gasteiger charge is 2.29. The average Bonchev–Trinajstić information content (AvgIpc) is 3.26. The number of aromatic nitrogens is 2. The fraction of sp³-hybridized carbons (Fsp3) is 0.357. The number of carbonyl (C=O) groups is 1. The van der Waals surface area contributed by atoms with E-state index in [4.69, 9.17) is 11.6 Å². The summed E-state index contributed by atoms with van der Waals surface area (Å²) in [6.07, 6.45) is 3.51. The Bertz CT molecular complexity index is 894. The molecular formula is C14H15ClN4O3S3. The van der Waals surface area contributed by atoms with Crippen molar-refractivity contribution in [1.82, 2.24) is 14.5 Å². The summed E-state index contributed by atoms with van der Waals surface area (Å²) in [5, 5.41) is 10.8. The predicted molar refractivity (Wildman–Crippen MR) is 99.1 cm³/mol. The number of hydrogen-bond acceptors (Lipinski definition) is 7. The lowest BCUT2D eigenvalue weighted by atomic mass is 10.2. The van der Waals surface area contributed by atoms with Gasteiger partial charge in [-0.3, -0.25) is 10.1 Å². The van der Waals surface area contributed by atoms with E-state index in [-0.39, 0.29) is 15.5 Å². The van der Waals surface area contributed by atoms with Gasteiger partial charge in [0.15, 0.2) is 4.34 Å². The first kappa shape index (κ1) is 18.6. The van der Waals surface area contributed by atoms with Crippen LogP contribution in [0, 0.1) is 0 Å². The van der Waals surface area contributed by atoms with Crippen molar-refractivity contribution in [3.05, 3.63) is 28.8 Å². The van der Waals surface area contributed by atoms with Crippen molar-refractivity contribution in [2.45, 2.75) is 22.1 Å². The quantitative estimate of drug-likeness (QED) is 0.592. The van der Waals surface area contributed by atoms with Crippen LogP contribution in [-0.2, 0) is 10.0 Å². The summed E-state index contributed by atoms with van der Waals surface area (Å²) in [4.78, 5) is 12.3. The number of carbonyl (C=O) groups excluding carboxylic acids is 1. The molecule has 11 heteroatoms. The molecule has 0 aliphatic carbocycles. The molecule has 0 spiro atoms. The lowest BCUT2D eigenvalue weighted by Gasteiger charge is -2.17. The van der Waals surface area contributed by atoms with Gasteiger partial charge in [0.1, 0.15) is 4.90 Å². The van der Waals surface area contributed by atoms with Crippen molar-refractivity contribution in [2.24, 2.45) is 0 Å². The number of nitrogens with one attached hydrogen (secondary N) is 1. The molecule has 0 radical (unpaired) electrons. The van der Waals surface area contributed by atoms with Crippen LogP contribution < -0.4 is 5.32 Å². The van der Waals surface area contributed by atoms with Gasteiger partial charge in [-0.05, 0) is 37.3 Å². The number of hydrogen-bond donors (Lipinski definition) is 1. The Labute approximate surface area is 158 Å². The Hall–Kier alpha value is -1.20. The Morgan fingerprint density at radius 1 is 1.32 bits per heavy atom. The first-order valence-corrected chi connectivity index (χ1v) is 11.3. The molecule has 3 rings (SSSR count). The maximum Gasteiger partial charge on any atom is 0.257 e. The van der Waals surface area contributed by atoms with Crippen LogP contribution in [0.25, 0.3) is 0 Å². The Kier molecular flexibility index (Phi) is 5.64. The molecular weight excluding hydrogens is 404 g/mol. The summed E-state index contributed by atoms with van der Waals surface area (Å²) in [5.74, 6) is -0.460. The van der Waals surface area contributed by atoms with Crippen LogP contribution in [0.2, 0.25) is 5.02 Å². The molecule has 0 saturated carbocycles. The number of anilines is 1. The smallest absolute Gasteiger partial charge is 0.257 e. The third-order valence-electron chi connectivity index (χ3n) is 3.68. The summed E-state index contributed by atoms with van der Waals surface area (Å²) < 4.78 is 27.6. The van der Waals surface area contributed by atoms with Crippen LogP contribution in [0.4, 0.5) is 5.13 Å². The third kappa shape index (κ3) is 3.98. The van der Waals surface area contributed by atoms with Gasteiger partial charge in [-0.25, -0.2) is 8.42 Å². The minimum Gasteiger partial charge on any atom is -0.296 e. The Morgan fingerprint density at radius 2 is 2.04 bits per heavy atom. The van der Waals surface area contributed by atoms with Crippen LogP contribution >= 0.6 is 34.7 Å². The van der Waals surface area contributed by atoms with Crippen molar-refractivity contribution >= 4 is 55.8 Å². The topological polar surface area (TPSA) is 92.3 Å². The Balaban J connectivity index is 1.86. The van der Waals surface area contributed by atoms with E-state index in [1.165, 1.54) is 45.6 Å². The highest BCUT2D eigenvalue weighted by Crippen LogP contribution is 2.29. The summed E-state index contributed by atoms with van der Waals surface area (Å²) in [6, 6.07) is 4.21. The summed E-state index contributed by atoms with van der Waals surface area (Å²) >= 11 is 8.76. The first-order chi connectivity index (χ1) is 11.9. The zero-order chi connectivity index (χ0) is 18.0. The molecule has 1 saturated heterocycles.